The van der Waals surface area contributed by atoms with Crippen LogP contribution in [-0.2, 0) is 16.1 Å². The molecule has 0 fully saturated rings. The first-order chi connectivity index (χ1) is 7.63. The van der Waals surface area contributed by atoms with Gasteiger partial charge in [-0.25, -0.2) is 4.79 Å². The average Bonchev–Trinajstić information content (AvgIpc) is 2.72. The number of aromatic carboxylic acids is 1. The van der Waals surface area contributed by atoms with Crippen molar-refractivity contribution in [3.05, 3.63) is 23.7 Å². The third-order valence-electron chi connectivity index (χ3n) is 1.77. The van der Waals surface area contributed by atoms with Crippen molar-refractivity contribution in [3.63, 3.8) is 0 Å². The highest BCUT2D eigenvalue weighted by Gasteiger charge is 2.09. The van der Waals surface area contributed by atoms with Crippen molar-refractivity contribution in [2.45, 2.75) is 13.5 Å². The number of rotatable bonds is 6. The third-order valence-corrected chi connectivity index (χ3v) is 1.77. The molecule has 0 spiro atoms. The van der Waals surface area contributed by atoms with Crippen LogP contribution in [0.3, 0.4) is 0 Å². The second kappa shape index (κ2) is 5.92. The minimum atomic E-state index is -1.13. The summed E-state index contributed by atoms with van der Waals surface area (Å²) in [6, 6.07) is 2.84. The van der Waals surface area contributed by atoms with Crippen molar-refractivity contribution in [1.82, 2.24) is 5.32 Å². The molecule has 1 rings (SSSR count). The van der Waals surface area contributed by atoms with E-state index in [2.05, 4.69) is 5.32 Å². The lowest BCUT2D eigenvalue weighted by atomic mass is 10.4. The highest BCUT2D eigenvalue weighted by atomic mass is 16.5. The summed E-state index contributed by atoms with van der Waals surface area (Å²) in [7, 11) is 0. The topological polar surface area (TPSA) is 88.8 Å². The fraction of sp³-hybridized carbons (Fsp3) is 0.400. The van der Waals surface area contributed by atoms with Gasteiger partial charge >= 0.3 is 5.97 Å². The summed E-state index contributed by atoms with van der Waals surface area (Å²) in [5.41, 5.74) is 0. The Morgan fingerprint density at radius 2 is 2.25 bits per heavy atom. The summed E-state index contributed by atoms with van der Waals surface area (Å²) in [5.74, 6) is -1.15. The zero-order valence-corrected chi connectivity index (χ0v) is 8.86. The molecule has 1 heterocycles. The van der Waals surface area contributed by atoms with Crippen LogP contribution < -0.4 is 5.32 Å². The predicted molar refractivity (Wildman–Crippen MR) is 54.0 cm³/mol. The van der Waals surface area contributed by atoms with Crippen LogP contribution in [0.4, 0.5) is 0 Å². The van der Waals surface area contributed by atoms with Gasteiger partial charge in [0.15, 0.2) is 0 Å². The van der Waals surface area contributed by atoms with Crippen LogP contribution in [0, 0.1) is 0 Å². The Hall–Kier alpha value is -1.82. The van der Waals surface area contributed by atoms with E-state index in [-0.39, 0.29) is 24.8 Å². The zero-order chi connectivity index (χ0) is 12.0. The Balaban J connectivity index is 2.36. The van der Waals surface area contributed by atoms with Crippen LogP contribution in [0.5, 0.6) is 0 Å². The van der Waals surface area contributed by atoms with Crippen molar-refractivity contribution in [2.75, 3.05) is 13.2 Å². The van der Waals surface area contributed by atoms with Gasteiger partial charge in [0.05, 0.1) is 6.54 Å². The van der Waals surface area contributed by atoms with Gasteiger partial charge in [-0.2, -0.15) is 0 Å². The monoisotopic (exact) mass is 227 g/mol. The number of carbonyl (C=O) groups excluding carboxylic acids is 1. The Morgan fingerprint density at radius 3 is 2.81 bits per heavy atom. The molecule has 1 aromatic rings. The summed E-state index contributed by atoms with van der Waals surface area (Å²) in [6.07, 6.45) is 0. The van der Waals surface area contributed by atoms with Gasteiger partial charge in [-0.3, -0.25) is 4.79 Å². The molecule has 0 aliphatic rings. The van der Waals surface area contributed by atoms with Gasteiger partial charge in [-0.1, -0.05) is 0 Å². The van der Waals surface area contributed by atoms with Crippen LogP contribution in [0.2, 0.25) is 0 Å². The van der Waals surface area contributed by atoms with E-state index in [0.717, 1.165) is 0 Å². The van der Waals surface area contributed by atoms with Crippen molar-refractivity contribution < 1.29 is 23.8 Å². The lowest BCUT2D eigenvalue weighted by Crippen LogP contribution is -2.26. The molecule has 0 unspecified atom stereocenters. The van der Waals surface area contributed by atoms with Gasteiger partial charge in [-0.05, 0) is 19.1 Å². The Kier molecular flexibility index (Phi) is 4.53. The molecule has 0 saturated heterocycles. The molecule has 88 valence electrons. The maximum Gasteiger partial charge on any atom is 0.371 e. The molecule has 0 bridgehead atoms. The smallest absolute Gasteiger partial charge is 0.371 e. The summed E-state index contributed by atoms with van der Waals surface area (Å²) in [5, 5.41) is 11.1. The molecule has 6 nitrogen and oxygen atoms in total. The first-order valence-electron chi connectivity index (χ1n) is 4.80. The van der Waals surface area contributed by atoms with E-state index in [0.29, 0.717) is 12.4 Å². The Morgan fingerprint density at radius 1 is 1.50 bits per heavy atom. The van der Waals surface area contributed by atoms with E-state index in [1.165, 1.54) is 12.1 Å². The normalized spacial score (nSPS) is 10.1. The number of furan rings is 1. The van der Waals surface area contributed by atoms with E-state index in [1.54, 1.807) is 6.92 Å². The molecule has 6 heteroatoms. The fourth-order valence-corrected chi connectivity index (χ4v) is 1.02. The van der Waals surface area contributed by atoms with Crippen LogP contribution in [0.25, 0.3) is 0 Å². The SMILES string of the molecule is CCOCC(=O)NCc1ccc(C(=O)O)o1. The molecular weight excluding hydrogens is 214 g/mol. The van der Waals surface area contributed by atoms with Gasteiger partial charge in [0.1, 0.15) is 12.4 Å². The highest BCUT2D eigenvalue weighted by Crippen LogP contribution is 2.07. The maximum absolute atomic E-state index is 11.1. The van der Waals surface area contributed by atoms with Crippen molar-refractivity contribution >= 4 is 11.9 Å². The molecule has 1 amide bonds. The minimum Gasteiger partial charge on any atom is -0.475 e. The summed E-state index contributed by atoms with van der Waals surface area (Å²) in [6.45, 7) is 2.40. The molecule has 0 aliphatic heterocycles. The van der Waals surface area contributed by atoms with Gasteiger partial charge in [0.2, 0.25) is 11.7 Å². The number of ether oxygens (including phenoxy) is 1. The maximum atomic E-state index is 11.1. The first kappa shape index (κ1) is 12.3. The molecule has 0 atom stereocenters. The van der Waals surface area contributed by atoms with Crippen LogP contribution in [0.1, 0.15) is 23.2 Å². The second-order valence-corrected chi connectivity index (χ2v) is 2.98. The highest BCUT2D eigenvalue weighted by molar-refractivity contribution is 5.84. The van der Waals surface area contributed by atoms with Gasteiger partial charge in [-0.15, -0.1) is 0 Å². The average molecular weight is 227 g/mol. The molecule has 1 aromatic heterocycles. The number of hydrogen-bond acceptors (Lipinski definition) is 4. The van der Waals surface area contributed by atoms with Crippen molar-refractivity contribution in [1.29, 1.82) is 0 Å². The molecular formula is C10H13NO5. The second-order valence-electron chi connectivity index (χ2n) is 2.98. The zero-order valence-electron chi connectivity index (χ0n) is 8.86. The van der Waals surface area contributed by atoms with Crippen LogP contribution in [0.15, 0.2) is 16.5 Å². The van der Waals surface area contributed by atoms with E-state index in [9.17, 15) is 9.59 Å². The van der Waals surface area contributed by atoms with E-state index < -0.39 is 5.97 Å². The number of nitrogens with one attached hydrogen (secondary N) is 1. The van der Waals surface area contributed by atoms with Crippen LogP contribution in [-0.4, -0.2) is 30.2 Å². The summed E-state index contributed by atoms with van der Waals surface area (Å²) >= 11 is 0. The standard InChI is InChI=1S/C10H13NO5/c1-2-15-6-9(12)11-5-7-3-4-8(16-7)10(13)14/h3-4H,2,5-6H2,1H3,(H,11,12)(H,13,14). The van der Waals surface area contributed by atoms with Gasteiger partial charge < -0.3 is 19.6 Å². The fourth-order valence-electron chi connectivity index (χ4n) is 1.02. The number of hydrogen-bond donors (Lipinski definition) is 2. The lowest BCUT2D eigenvalue weighted by molar-refractivity contribution is -0.125. The van der Waals surface area contributed by atoms with E-state index in [4.69, 9.17) is 14.3 Å². The molecule has 16 heavy (non-hydrogen) atoms. The Bertz CT molecular complexity index is 371. The van der Waals surface area contributed by atoms with E-state index >= 15 is 0 Å². The lowest BCUT2D eigenvalue weighted by Gasteiger charge is -2.02. The molecule has 0 radical (unpaired) electrons. The van der Waals surface area contributed by atoms with Crippen molar-refractivity contribution in [2.24, 2.45) is 0 Å². The number of carbonyl (C=O) groups is 2. The predicted octanol–water partition coefficient (Wildman–Crippen LogP) is 0.630. The molecule has 0 aliphatic carbocycles. The van der Waals surface area contributed by atoms with Crippen LogP contribution >= 0.6 is 0 Å². The molecule has 0 aromatic carbocycles. The number of carboxylic acid groups (broad SMARTS) is 1. The Labute approximate surface area is 92.2 Å². The van der Waals surface area contributed by atoms with E-state index in [1.807, 2.05) is 0 Å². The third kappa shape index (κ3) is 3.74. The first-order valence-corrected chi connectivity index (χ1v) is 4.80. The largest absolute Gasteiger partial charge is 0.475 e. The number of amides is 1. The van der Waals surface area contributed by atoms with Crippen molar-refractivity contribution in [3.8, 4) is 0 Å². The number of carboxylic acids is 1. The quantitative estimate of drug-likeness (QED) is 0.744. The van der Waals surface area contributed by atoms with Gasteiger partial charge in [0, 0.05) is 6.61 Å². The summed E-state index contributed by atoms with van der Waals surface area (Å²) in [4.78, 5) is 21.6. The molecule has 2 N–H and O–H groups in total. The molecule has 0 saturated carbocycles. The summed E-state index contributed by atoms with van der Waals surface area (Å²) < 4.78 is 9.84. The minimum absolute atomic E-state index is 0.0109. The van der Waals surface area contributed by atoms with Gasteiger partial charge in [0.25, 0.3) is 0 Å².